The van der Waals surface area contributed by atoms with Gasteiger partial charge in [0.2, 0.25) is 0 Å². The van der Waals surface area contributed by atoms with E-state index in [2.05, 4.69) is 11.9 Å². The van der Waals surface area contributed by atoms with Crippen molar-refractivity contribution in [3.05, 3.63) is 12.7 Å². The highest BCUT2D eigenvalue weighted by molar-refractivity contribution is 5.92. The van der Waals surface area contributed by atoms with Crippen molar-refractivity contribution in [3.8, 4) is 0 Å². The molecule has 0 spiro atoms. The predicted octanol–water partition coefficient (Wildman–Crippen LogP) is 2.49. The number of halogens is 1. The van der Waals surface area contributed by atoms with E-state index in [-0.39, 0.29) is 18.8 Å². The molecule has 3 aliphatic rings. The van der Waals surface area contributed by atoms with Crippen LogP contribution in [-0.4, -0.2) is 75.6 Å². The molecular formula is C27H44ClNO8. The summed E-state index contributed by atoms with van der Waals surface area (Å²) in [5.41, 5.74) is -7.33. The highest BCUT2D eigenvalue weighted by atomic mass is 35.5. The number of likely N-dealkylation sites (N-methyl/N-ethyl adjacent to an activating group) is 1. The molecule has 1 aliphatic heterocycles. The van der Waals surface area contributed by atoms with Gasteiger partial charge in [0.25, 0.3) is 0 Å². The molecule has 0 aromatic carbocycles. The van der Waals surface area contributed by atoms with Gasteiger partial charge in [0.1, 0.15) is 17.7 Å². The summed E-state index contributed by atoms with van der Waals surface area (Å²) in [6.45, 7) is 17.9. The first kappa shape index (κ1) is 31.7. The fourth-order valence-corrected chi connectivity index (χ4v) is 7.45. The number of fused-ring (bicyclic) bond motifs is 3. The lowest BCUT2D eigenvalue weighted by Gasteiger charge is -2.71. The van der Waals surface area contributed by atoms with Crippen molar-refractivity contribution >= 4 is 30.1 Å². The van der Waals surface area contributed by atoms with Crippen molar-refractivity contribution in [3.63, 3.8) is 0 Å². The Hall–Kier alpha value is -1.52. The Morgan fingerprint density at radius 1 is 1.24 bits per heavy atom. The van der Waals surface area contributed by atoms with Gasteiger partial charge in [0.15, 0.2) is 17.5 Å². The zero-order chi connectivity index (χ0) is 27.5. The van der Waals surface area contributed by atoms with Crippen molar-refractivity contribution in [1.82, 2.24) is 5.32 Å². The second-order valence-electron chi connectivity index (χ2n) is 12.0. The van der Waals surface area contributed by atoms with E-state index in [1.54, 1.807) is 20.8 Å². The predicted molar refractivity (Wildman–Crippen MR) is 139 cm³/mol. The van der Waals surface area contributed by atoms with E-state index < -0.39 is 75.6 Å². The summed E-state index contributed by atoms with van der Waals surface area (Å²) in [5, 5.41) is 27.5. The minimum absolute atomic E-state index is 0. The van der Waals surface area contributed by atoms with Crippen LogP contribution in [-0.2, 0) is 28.6 Å². The van der Waals surface area contributed by atoms with Crippen LogP contribution in [0.25, 0.3) is 0 Å². The minimum Gasteiger partial charge on any atom is -0.460 e. The Balaban J connectivity index is 0.00000481. The molecule has 2 saturated carbocycles. The minimum atomic E-state index is -2.25. The fraction of sp³-hybridized carbons (Fsp3) is 0.815. The number of ether oxygens (including phenoxy) is 3. The Morgan fingerprint density at radius 2 is 1.84 bits per heavy atom. The van der Waals surface area contributed by atoms with Crippen LogP contribution in [0.5, 0.6) is 0 Å². The summed E-state index contributed by atoms with van der Waals surface area (Å²) < 4.78 is 18.1. The van der Waals surface area contributed by atoms with E-state index in [0.717, 1.165) is 0 Å². The lowest BCUT2D eigenvalue weighted by Crippen LogP contribution is -2.87. The Morgan fingerprint density at radius 3 is 2.35 bits per heavy atom. The zero-order valence-corrected chi connectivity index (χ0v) is 24.1. The number of rotatable bonds is 6. The van der Waals surface area contributed by atoms with Crippen LogP contribution >= 0.6 is 12.4 Å². The van der Waals surface area contributed by atoms with Crippen LogP contribution in [0.1, 0.15) is 74.7 Å². The standard InChI is InChI=1S/C27H43NO8.ClH/c1-10-24(7)14-17(30)27(33)25(8)18(35-22(32)15(3)28-11-2)12-13-23(5,6)20(25)19(31)21(34-16(4)29)26(27,9)36-24;/h10,15,18-21,28,31,33H,1,11-14H2,2-9H3;1H/t15?,18-,19-,20-,21-,24-,25-,26+,27-;/m0./s1. The molecule has 0 bridgehead atoms. The molecule has 9 nitrogen and oxygen atoms in total. The molecule has 0 amide bonds. The van der Waals surface area contributed by atoms with Gasteiger partial charge >= 0.3 is 11.9 Å². The molecule has 9 atom stereocenters. The molecule has 0 aromatic heterocycles. The summed E-state index contributed by atoms with van der Waals surface area (Å²) in [5.74, 6) is -2.49. The summed E-state index contributed by atoms with van der Waals surface area (Å²) >= 11 is 0. The van der Waals surface area contributed by atoms with Crippen LogP contribution in [0.3, 0.4) is 0 Å². The number of ketones is 1. The van der Waals surface area contributed by atoms with Crippen LogP contribution in [0.2, 0.25) is 0 Å². The molecule has 0 aromatic rings. The van der Waals surface area contributed by atoms with Gasteiger partial charge in [-0.25, -0.2) is 0 Å². The van der Waals surface area contributed by atoms with E-state index in [1.807, 2.05) is 20.8 Å². The normalized spacial score (nSPS) is 43.4. The first-order valence-electron chi connectivity index (χ1n) is 12.8. The summed E-state index contributed by atoms with van der Waals surface area (Å²) in [7, 11) is 0. The molecule has 1 saturated heterocycles. The Labute approximate surface area is 226 Å². The Bertz CT molecular complexity index is 941. The van der Waals surface area contributed by atoms with Gasteiger partial charge < -0.3 is 29.7 Å². The van der Waals surface area contributed by atoms with Crippen molar-refractivity contribution in [1.29, 1.82) is 0 Å². The van der Waals surface area contributed by atoms with Gasteiger partial charge in [0.05, 0.1) is 11.7 Å². The van der Waals surface area contributed by atoms with Crippen LogP contribution in [0.4, 0.5) is 0 Å². The first-order valence-corrected chi connectivity index (χ1v) is 12.8. The third kappa shape index (κ3) is 4.54. The van der Waals surface area contributed by atoms with Crippen LogP contribution < -0.4 is 5.32 Å². The lowest BCUT2D eigenvalue weighted by atomic mass is 9.39. The SMILES string of the molecule is C=C[C@@]1(C)CC(=O)[C@]2(O)[C@@]3(C)[C@@H](OC(=O)C(C)NCC)CCC(C)(C)[C@@H]3[C@H](O)[C@H](OC(C)=O)[C@@]2(C)O1.Cl. The molecule has 3 N–H and O–H groups in total. The molecule has 2 aliphatic carbocycles. The molecule has 3 rings (SSSR count). The molecule has 37 heavy (non-hydrogen) atoms. The number of hydrogen-bond acceptors (Lipinski definition) is 9. The average Bonchev–Trinajstić information content (AvgIpc) is 2.76. The summed E-state index contributed by atoms with van der Waals surface area (Å²) in [6.07, 6.45) is -1.34. The quantitative estimate of drug-likeness (QED) is 0.340. The maximum atomic E-state index is 14.1. The first-order chi connectivity index (χ1) is 16.4. The highest BCUT2D eigenvalue weighted by Crippen LogP contribution is 2.67. The van der Waals surface area contributed by atoms with Crippen LogP contribution in [0.15, 0.2) is 12.7 Å². The second kappa shape index (κ2) is 10.2. The van der Waals surface area contributed by atoms with E-state index in [9.17, 15) is 24.6 Å². The van der Waals surface area contributed by atoms with E-state index >= 15 is 0 Å². The topological polar surface area (TPSA) is 131 Å². The van der Waals surface area contributed by atoms with Crippen molar-refractivity contribution in [2.45, 2.75) is 116 Å². The molecule has 10 heteroatoms. The van der Waals surface area contributed by atoms with Gasteiger partial charge in [-0.2, -0.15) is 0 Å². The largest absolute Gasteiger partial charge is 0.460 e. The molecule has 0 radical (unpaired) electrons. The number of aliphatic hydroxyl groups is 2. The van der Waals surface area contributed by atoms with Crippen molar-refractivity contribution < 1.29 is 38.8 Å². The van der Waals surface area contributed by atoms with E-state index in [0.29, 0.717) is 19.4 Å². The zero-order valence-electron chi connectivity index (χ0n) is 23.3. The van der Waals surface area contributed by atoms with Crippen molar-refractivity contribution in [2.24, 2.45) is 16.7 Å². The summed E-state index contributed by atoms with van der Waals surface area (Å²) in [6, 6.07) is -0.599. The Kier molecular flexibility index (Phi) is 8.76. The number of carbonyl (C=O) groups excluding carboxylic acids is 3. The van der Waals surface area contributed by atoms with Crippen LogP contribution in [0, 0.1) is 16.7 Å². The van der Waals surface area contributed by atoms with Gasteiger partial charge in [-0.1, -0.05) is 33.8 Å². The number of esters is 2. The average molecular weight is 546 g/mol. The number of hydrogen-bond donors (Lipinski definition) is 3. The third-order valence-corrected chi connectivity index (χ3v) is 9.11. The van der Waals surface area contributed by atoms with Gasteiger partial charge in [-0.3, -0.25) is 14.4 Å². The number of carbonyl (C=O) groups is 3. The lowest BCUT2D eigenvalue weighted by molar-refractivity contribution is -0.370. The number of aliphatic hydroxyl groups excluding tert-OH is 1. The number of Topliss-reactive ketones (excluding diaryl/α,β-unsaturated/α-hetero) is 1. The maximum absolute atomic E-state index is 14.1. The van der Waals surface area contributed by atoms with E-state index in [4.69, 9.17) is 14.2 Å². The maximum Gasteiger partial charge on any atom is 0.323 e. The molecular weight excluding hydrogens is 502 g/mol. The summed E-state index contributed by atoms with van der Waals surface area (Å²) in [4.78, 5) is 39.3. The molecule has 212 valence electrons. The smallest absolute Gasteiger partial charge is 0.323 e. The molecule has 1 heterocycles. The third-order valence-electron chi connectivity index (χ3n) is 9.11. The number of nitrogens with one attached hydrogen (secondary N) is 1. The van der Waals surface area contributed by atoms with Gasteiger partial charge in [0, 0.05) is 24.7 Å². The molecule has 1 unspecified atom stereocenters. The second-order valence-corrected chi connectivity index (χ2v) is 12.0. The van der Waals surface area contributed by atoms with Gasteiger partial charge in [-0.05, 0) is 45.6 Å². The van der Waals surface area contributed by atoms with Crippen molar-refractivity contribution in [2.75, 3.05) is 6.54 Å². The highest BCUT2D eigenvalue weighted by Gasteiger charge is 2.82. The monoisotopic (exact) mass is 545 g/mol. The molecule has 3 fully saturated rings. The van der Waals surface area contributed by atoms with Gasteiger partial charge in [-0.15, -0.1) is 19.0 Å². The fourth-order valence-electron chi connectivity index (χ4n) is 7.45. The van der Waals surface area contributed by atoms with E-state index in [1.165, 1.54) is 19.9 Å².